The van der Waals surface area contributed by atoms with Gasteiger partial charge in [-0.1, -0.05) is 25.7 Å². The predicted molar refractivity (Wildman–Crippen MR) is 40.2 cm³/mol. The molecule has 0 amide bonds. The molecule has 0 bridgehead atoms. The van der Waals surface area contributed by atoms with E-state index in [1.807, 2.05) is 13.8 Å². The highest BCUT2D eigenvalue weighted by atomic mass is 19.1. The molecule has 0 fully saturated rings. The minimum Gasteiger partial charge on any atom is -0.247 e. The van der Waals surface area contributed by atoms with E-state index in [-0.39, 0.29) is 11.8 Å². The predicted octanol–water partition coefficient (Wildman–Crippen LogP) is 2.39. The van der Waals surface area contributed by atoms with Crippen molar-refractivity contribution in [1.29, 1.82) is 0 Å². The van der Waals surface area contributed by atoms with Crippen molar-refractivity contribution in [2.75, 3.05) is 0 Å². The van der Waals surface area contributed by atoms with Crippen molar-refractivity contribution in [2.24, 2.45) is 11.8 Å². The molecule has 0 saturated heterocycles. The number of hydrogen-bond acceptors (Lipinski definition) is 0. The lowest BCUT2D eigenvalue weighted by Gasteiger charge is -2.07. The van der Waals surface area contributed by atoms with Gasteiger partial charge in [-0.2, -0.15) is 0 Å². The maximum atomic E-state index is 12.9. The molecule has 0 saturated carbocycles. The van der Waals surface area contributed by atoms with Gasteiger partial charge < -0.3 is 0 Å². The summed E-state index contributed by atoms with van der Waals surface area (Å²) in [5.74, 6) is 6.57. The van der Waals surface area contributed by atoms with E-state index in [1.54, 1.807) is 0 Å². The largest absolute Gasteiger partial charge is 0.247 e. The molecule has 1 heteroatoms. The van der Waals surface area contributed by atoms with Crippen molar-refractivity contribution in [3.8, 4) is 11.8 Å². The molecule has 0 radical (unpaired) electrons. The van der Waals surface area contributed by atoms with Gasteiger partial charge in [0.25, 0.3) is 0 Å². The average Bonchev–Trinajstić information content (AvgIpc) is 1.93. The van der Waals surface area contributed by atoms with Crippen LogP contribution in [0.1, 0.15) is 26.7 Å². The van der Waals surface area contributed by atoms with E-state index in [0.717, 1.165) is 0 Å². The minimum atomic E-state index is -0.646. The first-order valence-electron chi connectivity index (χ1n) is 3.83. The van der Waals surface area contributed by atoms with Crippen LogP contribution in [-0.4, -0.2) is 6.17 Å². The third-order valence-electron chi connectivity index (χ3n) is 1.79. The second-order valence-electron chi connectivity index (χ2n) is 3.16. The van der Waals surface area contributed by atoms with Crippen LogP contribution in [0.5, 0.6) is 0 Å². The van der Waals surface area contributed by atoms with Gasteiger partial charge in [0.2, 0.25) is 0 Å². The summed E-state index contributed by atoms with van der Waals surface area (Å²) in [6.45, 7) is 3.97. The first-order chi connectivity index (χ1) is 4.68. The van der Waals surface area contributed by atoms with Crippen molar-refractivity contribution in [3.63, 3.8) is 0 Å². The van der Waals surface area contributed by atoms with Gasteiger partial charge in [-0.05, 0) is 12.8 Å². The molecule has 0 unspecified atom stereocenters. The van der Waals surface area contributed by atoms with Crippen molar-refractivity contribution in [2.45, 2.75) is 32.9 Å². The highest BCUT2D eigenvalue weighted by Gasteiger charge is 2.15. The molecule has 1 aliphatic carbocycles. The summed E-state index contributed by atoms with van der Waals surface area (Å²) in [6, 6.07) is 0. The fourth-order valence-electron chi connectivity index (χ4n) is 1.27. The molecule has 0 spiro atoms. The Morgan fingerprint density at radius 2 is 1.50 bits per heavy atom. The van der Waals surface area contributed by atoms with Gasteiger partial charge in [0.05, 0.1) is 0 Å². The SMILES string of the molecule is C[C@@H]1C#C[C@@H](C)CC(F)C1. The summed E-state index contributed by atoms with van der Waals surface area (Å²) in [7, 11) is 0. The van der Waals surface area contributed by atoms with Crippen molar-refractivity contribution in [3.05, 3.63) is 0 Å². The maximum Gasteiger partial charge on any atom is 0.102 e. The molecule has 56 valence electrons. The molecule has 0 nitrogen and oxygen atoms in total. The standard InChI is InChI=1S/C9H13F/c1-7-3-4-8(2)6-9(10)5-7/h7-9H,5-6H2,1-2H3/t7-,8-/m1/s1. The summed E-state index contributed by atoms with van der Waals surface area (Å²) in [6.07, 6.45) is 0.599. The second-order valence-corrected chi connectivity index (χ2v) is 3.16. The Kier molecular flexibility index (Phi) is 2.32. The zero-order valence-electron chi connectivity index (χ0n) is 6.52. The Bertz CT molecular complexity index is 147. The molecule has 10 heavy (non-hydrogen) atoms. The van der Waals surface area contributed by atoms with Gasteiger partial charge in [-0.25, -0.2) is 4.39 Å². The lowest BCUT2D eigenvalue weighted by molar-refractivity contribution is 0.266. The Balaban J connectivity index is 2.56. The molecule has 0 N–H and O–H groups in total. The zero-order valence-corrected chi connectivity index (χ0v) is 6.52. The molecule has 0 aromatic carbocycles. The molecule has 1 aliphatic rings. The maximum absolute atomic E-state index is 12.9. The van der Waals surface area contributed by atoms with Crippen molar-refractivity contribution >= 4 is 0 Å². The van der Waals surface area contributed by atoms with Crippen LogP contribution in [0.2, 0.25) is 0 Å². The summed E-state index contributed by atoms with van der Waals surface area (Å²) in [5.41, 5.74) is 0. The Hall–Kier alpha value is -0.510. The van der Waals surface area contributed by atoms with Crippen molar-refractivity contribution in [1.82, 2.24) is 0 Å². The number of halogens is 1. The van der Waals surface area contributed by atoms with Crippen LogP contribution in [0.3, 0.4) is 0 Å². The third-order valence-corrected chi connectivity index (χ3v) is 1.79. The van der Waals surface area contributed by atoms with Crippen LogP contribution in [0.4, 0.5) is 4.39 Å². The molecular weight excluding hydrogens is 127 g/mol. The van der Waals surface area contributed by atoms with Crippen LogP contribution in [0.25, 0.3) is 0 Å². The fourth-order valence-corrected chi connectivity index (χ4v) is 1.27. The quantitative estimate of drug-likeness (QED) is 0.453. The van der Waals surface area contributed by atoms with Crippen LogP contribution in [0, 0.1) is 23.7 Å². The van der Waals surface area contributed by atoms with Crippen LogP contribution in [0.15, 0.2) is 0 Å². The summed E-state index contributed by atoms with van der Waals surface area (Å²) in [5, 5.41) is 0. The second kappa shape index (κ2) is 3.05. The summed E-state index contributed by atoms with van der Waals surface area (Å²) < 4.78 is 12.9. The summed E-state index contributed by atoms with van der Waals surface area (Å²) >= 11 is 0. The highest BCUT2D eigenvalue weighted by Crippen LogP contribution is 2.19. The lowest BCUT2D eigenvalue weighted by atomic mass is 10.0. The molecule has 0 aromatic rings. The van der Waals surface area contributed by atoms with E-state index in [0.29, 0.717) is 12.8 Å². The van der Waals surface area contributed by atoms with Gasteiger partial charge in [-0.15, -0.1) is 0 Å². The van der Waals surface area contributed by atoms with Gasteiger partial charge in [-0.3, -0.25) is 0 Å². The van der Waals surface area contributed by atoms with Crippen LogP contribution < -0.4 is 0 Å². The number of alkyl halides is 1. The van der Waals surface area contributed by atoms with Crippen LogP contribution in [-0.2, 0) is 0 Å². The third kappa shape index (κ3) is 2.02. The minimum absolute atomic E-state index is 0.250. The first-order valence-corrected chi connectivity index (χ1v) is 3.83. The molecule has 0 aromatic heterocycles. The van der Waals surface area contributed by atoms with Gasteiger partial charge in [0.1, 0.15) is 6.17 Å². The molecule has 0 aliphatic heterocycles. The lowest BCUT2D eigenvalue weighted by Crippen LogP contribution is -2.05. The topological polar surface area (TPSA) is 0 Å². The van der Waals surface area contributed by atoms with Gasteiger partial charge >= 0.3 is 0 Å². The fraction of sp³-hybridized carbons (Fsp3) is 0.778. The molecule has 2 atom stereocenters. The monoisotopic (exact) mass is 140 g/mol. The van der Waals surface area contributed by atoms with Gasteiger partial charge in [0.15, 0.2) is 0 Å². The Morgan fingerprint density at radius 1 is 1.10 bits per heavy atom. The smallest absolute Gasteiger partial charge is 0.102 e. The first kappa shape index (κ1) is 7.60. The molecule has 1 rings (SSSR count). The summed E-state index contributed by atoms with van der Waals surface area (Å²) in [4.78, 5) is 0. The highest BCUT2D eigenvalue weighted by molar-refractivity contribution is 5.08. The van der Waals surface area contributed by atoms with E-state index in [2.05, 4.69) is 11.8 Å². The van der Waals surface area contributed by atoms with E-state index in [4.69, 9.17) is 0 Å². The van der Waals surface area contributed by atoms with E-state index < -0.39 is 6.17 Å². The van der Waals surface area contributed by atoms with E-state index >= 15 is 0 Å². The number of hydrogen-bond donors (Lipinski definition) is 0. The Morgan fingerprint density at radius 3 is 1.90 bits per heavy atom. The van der Waals surface area contributed by atoms with E-state index in [1.165, 1.54) is 0 Å². The average molecular weight is 140 g/mol. The van der Waals surface area contributed by atoms with Crippen LogP contribution >= 0.6 is 0 Å². The molecular formula is C9H13F. The van der Waals surface area contributed by atoms with Crippen molar-refractivity contribution < 1.29 is 4.39 Å². The molecule has 0 heterocycles. The zero-order chi connectivity index (χ0) is 7.56. The normalized spacial score (nSPS) is 34.3. The Labute approximate surface area is 61.8 Å². The van der Waals surface area contributed by atoms with Gasteiger partial charge in [0, 0.05) is 11.8 Å². The van der Waals surface area contributed by atoms with E-state index in [9.17, 15) is 4.39 Å². The number of rotatable bonds is 0.